The van der Waals surface area contributed by atoms with Crippen molar-refractivity contribution in [1.82, 2.24) is 16.0 Å². The molecule has 2 atom stereocenters. The van der Waals surface area contributed by atoms with Gasteiger partial charge in [-0.2, -0.15) is 0 Å². The van der Waals surface area contributed by atoms with Gasteiger partial charge >= 0.3 is 0 Å². The molecular formula is C19H18FN3OS. The normalized spacial score (nSPS) is 19.7. The quantitative estimate of drug-likeness (QED) is 0.739. The fraction of sp³-hybridized carbons (Fsp3) is 0.158. The predicted molar refractivity (Wildman–Crippen MR) is 98.9 cm³/mol. The van der Waals surface area contributed by atoms with Crippen molar-refractivity contribution in [3.8, 4) is 0 Å². The van der Waals surface area contributed by atoms with Crippen molar-refractivity contribution in [2.75, 3.05) is 0 Å². The number of hydrogen-bond acceptors (Lipinski definition) is 2. The lowest BCUT2D eigenvalue weighted by Crippen LogP contribution is -2.52. The second-order valence-electron chi connectivity index (χ2n) is 5.84. The smallest absolute Gasteiger partial charge is 0.231 e. The highest BCUT2D eigenvalue weighted by Gasteiger charge is 2.36. The van der Waals surface area contributed by atoms with Crippen LogP contribution in [0.1, 0.15) is 17.2 Å². The fourth-order valence-electron chi connectivity index (χ4n) is 2.87. The fourth-order valence-corrected chi connectivity index (χ4v) is 3.12. The molecule has 1 aliphatic rings. The molecule has 0 aliphatic carbocycles. The predicted octanol–water partition coefficient (Wildman–Crippen LogP) is 2.79. The van der Waals surface area contributed by atoms with E-state index in [2.05, 4.69) is 22.5 Å². The van der Waals surface area contributed by atoms with E-state index in [4.69, 9.17) is 12.2 Å². The van der Waals surface area contributed by atoms with Gasteiger partial charge in [-0.25, -0.2) is 4.39 Å². The van der Waals surface area contributed by atoms with E-state index in [-0.39, 0.29) is 11.7 Å². The standard InChI is InChI=1S/C19H18FN3OS/c1-12-16(18(24)21-11-13-6-3-2-4-7-13)17(23-19(25)22-12)14-8-5-9-15(20)10-14/h2-10,16-17H,1,11H2,(H,21,24)(H2,22,23,25)/t16-,17-/m1/s1. The van der Waals surface area contributed by atoms with Crippen LogP contribution < -0.4 is 16.0 Å². The van der Waals surface area contributed by atoms with Gasteiger partial charge < -0.3 is 16.0 Å². The van der Waals surface area contributed by atoms with Crippen molar-refractivity contribution < 1.29 is 9.18 Å². The number of carbonyl (C=O) groups excluding carboxylic acids is 1. The first-order chi connectivity index (χ1) is 12.0. The Balaban J connectivity index is 1.81. The zero-order chi connectivity index (χ0) is 17.8. The van der Waals surface area contributed by atoms with Gasteiger partial charge in [-0.1, -0.05) is 49.0 Å². The summed E-state index contributed by atoms with van der Waals surface area (Å²) in [5.74, 6) is -1.18. The van der Waals surface area contributed by atoms with Gasteiger partial charge in [0.15, 0.2) is 5.11 Å². The number of hydrogen-bond donors (Lipinski definition) is 3. The van der Waals surface area contributed by atoms with Crippen molar-refractivity contribution >= 4 is 23.2 Å². The maximum Gasteiger partial charge on any atom is 0.231 e. The number of benzene rings is 2. The second-order valence-corrected chi connectivity index (χ2v) is 6.25. The van der Waals surface area contributed by atoms with Crippen molar-refractivity contribution in [3.63, 3.8) is 0 Å². The van der Waals surface area contributed by atoms with Gasteiger partial charge in [-0.05, 0) is 35.5 Å². The maximum absolute atomic E-state index is 13.6. The third kappa shape index (κ3) is 4.03. The molecule has 2 aromatic rings. The summed E-state index contributed by atoms with van der Waals surface area (Å²) in [5.41, 5.74) is 2.13. The molecule has 0 aromatic heterocycles. The molecule has 25 heavy (non-hydrogen) atoms. The molecule has 0 bridgehead atoms. The summed E-state index contributed by atoms with van der Waals surface area (Å²) in [6.45, 7) is 4.33. The monoisotopic (exact) mass is 355 g/mol. The topological polar surface area (TPSA) is 53.2 Å². The lowest BCUT2D eigenvalue weighted by atomic mass is 9.88. The SMILES string of the molecule is C=C1NC(=S)N[C@H](c2cccc(F)c2)[C@@H]1C(=O)NCc1ccccc1. The van der Waals surface area contributed by atoms with Crippen LogP contribution in [0.15, 0.2) is 66.9 Å². The molecule has 1 saturated heterocycles. The highest BCUT2D eigenvalue weighted by molar-refractivity contribution is 7.80. The summed E-state index contributed by atoms with van der Waals surface area (Å²) in [7, 11) is 0. The minimum absolute atomic E-state index is 0.203. The summed E-state index contributed by atoms with van der Waals surface area (Å²) in [6, 6.07) is 15.3. The number of thiocarbonyl (C=S) groups is 1. The molecule has 0 spiro atoms. The zero-order valence-electron chi connectivity index (χ0n) is 13.5. The van der Waals surface area contributed by atoms with Crippen molar-refractivity contribution in [2.45, 2.75) is 12.6 Å². The molecule has 1 amide bonds. The third-order valence-corrected chi connectivity index (χ3v) is 4.29. The van der Waals surface area contributed by atoms with E-state index in [1.165, 1.54) is 12.1 Å². The maximum atomic E-state index is 13.6. The summed E-state index contributed by atoms with van der Waals surface area (Å²) < 4.78 is 13.6. The molecule has 3 rings (SSSR count). The largest absolute Gasteiger partial charge is 0.354 e. The first-order valence-electron chi connectivity index (χ1n) is 7.88. The van der Waals surface area contributed by atoms with E-state index in [0.717, 1.165) is 5.56 Å². The van der Waals surface area contributed by atoms with Gasteiger partial charge in [-0.3, -0.25) is 4.79 Å². The first-order valence-corrected chi connectivity index (χ1v) is 8.29. The Morgan fingerprint density at radius 2 is 1.96 bits per heavy atom. The molecule has 1 fully saturated rings. The van der Waals surface area contributed by atoms with Crippen LogP contribution in [-0.4, -0.2) is 11.0 Å². The number of nitrogens with one attached hydrogen (secondary N) is 3. The van der Waals surface area contributed by atoms with Crippen molar-refractivity contribution in [1.29, 1.82) is 0 Å². The van der Waals surface area contributed by atoms with E-state index < -0.39 is 12.0 Å². The van der Waals surface area contributed by atoms with Crippen LogP contribution in [-0.2, 0) is 11.3 Å². The van der Waals surface area contributed by atoms with E-state index in [0.29, 0.717) is 22.9 Å². The molecule has 0 unspecified atom stereocenters. The summed E-state index contributed by atoms with van der Waals surface area (Å²) in [5, 5.41) is 9.22. The highest BCUT2D eigenvalue weighted by Crippen LogP contribution is 2.30. The number of rotatable bonds is 4. The Kier molecular flexibility index (Phi) is 5.09. The van der Waals surface area contributed by atoms with Crippen LogP contribution in [0.4, 0.5) is 4.39 Å². The molecule has 128 valence electrons. The number of amides is 1. The van der Waals surface area contributed by atoms with Gasteiger partial charge in [0.2, 0.25) is 5.91 Å². The van der Waals surface area contributed by atoms with Crippen LogP contribution in [0, 0.1) is 11.7 Å². The summed E-state index contributed by atoms with van der Waals surface area (Å²) in [6.07, 6.45) is 0. The van der Waals surface area contributed by atoms with Gasteiger partial charge in [0.1, 0.15) is 11.7 Å². The highest BCUT2D eigenvalue weighted by atomic mass is 32.1. The lowest BCUT2D eigenvalue weighted by Gasteiger charge is -2.35. The average molecular weight is 355 g/mol. The van der Waals surface area contributed by atoms with Gasteiger partial charge in [0, 0.05) is 12.2 Å². The summed E-state index contributed by atoms with van der Waals surface area (Å²) >= 11 is 5.16. The van der Waals surface area contributed by atoms with Crippen LogP contribution >= 0.6 is 12.2 Å². The molecule has 6 heteroatoms. The Hall–Kier alpha value is -2.73. The Bertz CT molecular complexity index is 809. The molecule has 3 N–H and O–H groups in total. The average Bonchev–Trinajstić information content (AvgIpc) is 2.60. The van der Waals surface area contributed by atoms with Crippen LogP contribution in [0.3, 0.4) is 0 Å². The molecular weight excluding hydrogens is 337 g/mol. The second kappa shape index (κ2) is 7.44. The van der Waals surface area contributed by atoms with Crippen molar-refractivity contribution in [3.05, 3.63) is 83.8 Å². The molecule has 4 nitrogen and oxygen atoms in total. The van der Waals surface area contributed by atoms with E-state index in [1.54, 1.807) is 12.1 Å². The van der Waals surface area contributed by atoms with Crippen LogP contribution in [0.2, 0.25) is 0 Å². The van der Waals surface area contributed by atoms with Gasteiger partial charge in [0.05, 0.1) is 6.04 Å². The van der Waals surface area contributed by atoms with E-state index in [9.17, 15) is 9.18 Å². The Morgan fingerprint density at radius 3 is 2.68 bits per heavy atom. The lowest BCUT2D eigenvalue weighted by molar-refractivity contribution is -0.125. The van der Waals surface area contributed by atoms with E-state index in [1.807, 2.05) is 30.3 Å². The number of halogens is 1. The van der Waals surface area contributed by atoms with Gasteiger partial charge in [-0.15, -0.1) is 0 Å². The number of carbonyl (C=O) groups is 1. The molecule has 0 radical (unpaired) electrons. The molecule has 1 heterocycles. The molecule has 2 aromatic carbocycles. The van der Waals surface area contributed by atoms with Gasteiger partial charge in [0.25, 0.3) is 0 Å². The van der Waals surface area contributed by atoms with Crippen LogP contribution in [0.25, 0.3) is 0 Å². The molecule has 0 saturated carbocycles. The van der Waals surface area contributed by atoms with E-state index >= 15 is 0 Å². The first kappa shape index (κ1) is 17.1. The Labute approximate surface area is 151 Å². The zero-order valence-corrected chi connectivity index (χ0v) is 14.3. The third-order valence-electron chi connectivity index (χ3n) is 4.07. The minimum Gasteiger partial charge on any atom is -0.354 e. The Morgan fingerprint density at radius 1 is 1.20 bits per heavy atom. The minimum atomic E-state index is -0.614. The van der Waals surface area contributed by atoms with Crippen LogP contribution in [0.5, 0.6) is 0 Å². The summed E-state index contributed by atoms with van der Waals surface area (Å²) in [4.78, 5) is 12.8. The molecule has 1 aliphatic heterocycles. The van der Waals surface area contributed by atoms with Crippen molar-refractivity contribution in [2.24, 2.45) is 5.92 Å².